The molecule has 0 spiro atoms. The summed E-state index contributed by atoms with van der Waals surface area (Å²) in [5.74, 6) is 1.34. The van der Waals surface area contributed by atoms with E-state index >= 15 is 0 Å². The maximum absolute atomic E-state index is 11.8. The molecule has 0 radical (unpaired) electrons. The normalized spacial score (nSPS) is 10.8. The predicted molar refractivity (Wildman–Crippen MR) is 114 cm³/mol. The van der Waals surface area contributed by atoms with Crippen LogP contribution in [-0.4, -0.2) is 26.0 Å². The number of thiophene rings is 1. The first kappa shape index (κ1) is 19.1. The van der Waals surface area contributed by atoms with Crippen molar-refractivity contribution in [3.63, 3.8) is 0 Å². The van der Waals surface area contributed by atoms with Gasteiger partial charge in [0.15, 0.2) is 5.75 Å². The minimum atomic E-state index is -0.740. The van der Waals surface area contributed by atoms with Crippen molar-refractivity contribution in [1.29, 1.82) is 0 Å². The molecule has 0 saturated carbocycles. The third kappa shape index (κ3) is 4.27. The highest BCUT2D eigenvalue weighted by Crippen LogP contribution is 2.44. The maximum Gasteiger partial charge on any atom is 0.514 e. The number of ether oxygens (including phenoxy) is 4. The van der Waals surface area contributed by atoms with E-state index in [1.807, 2.05) is 54.6 Å². The molecule has 0 N–H and O–H groups in total. The third-order valence-corrected chi connectivity index (χ3v) is 5.32. The van der Waals surface area contributed by atoms with Gasteiger partial charge in [-0.25, -0.2) is 4.79 Å². The van der Waals surface area contributed by atoms with Gasteiger partial charge >= 0.3 is 6.16 Å². The Balaban J connectivity index is 1.47. The number of rotatable bonds is 7. The molecule has 0 unspecified atom stereocenters. The zero-order chi connectivity index (χ0) is 20.1. The fourth-order valence-corrected chi connectivity index (χ4v) is 4.03. The van der Waals surface area contributed by atoms with E-state index in [1.54, 1.807) is 6.92 Å². The second-order valence-electron chi connectivity index (χ2n) is 6.17. The van der Waals surface area contributed by atoms with Gasteiger partial charge in [-0.2, -0.15) is 0 Å². The Morgan fingerprint density at radius 2 is 1.59 bits per heavy atom. The molecular weight excluding hydrogens is 388 g/mol. The van der Waals surface area contributed by atoms with Crippen LogP contribution in [0.15, 0.2) is 66.7 Å². The highest BCUT2D eigenvalue weighted by Gasteiger charge is 2.18. The van der Waals surface area contributed by atoms with Gasteiger partial charge in [-0.1, -0.05) is 59.9 Å². The molecule has 3 aromatic carbocycles. The molecule has 4 rings (SSSR count). The molecule has 0 amide bonds. The lowest BCUT2D eigenvalue weighted by Crippen LogP contribution is -2.12. The molecule has 0 aliphatic rings. The van der Waals surface area contributed by atoms with Gasteiger partial charge in [0.1, 0.15) is 19.0 Å². The Bertz CT molecular complexity index is 1130. The van der Waals surface area contributed by atoms with Crippen LogP contribution in [0.5, 0.6) is 16.6 Å². The first-order valence-corrected chi connectivity index (χ1v) is 10.2. The highest BCUT2D eigenvalue weighted by atomic mass is 32.1. The summed E-state index contributed by atoms with van der Waals surface area (Å²) in [4.78, 5) is 11.8. The lowest BCUT2D eigenvalue weighted by molar-refractivity contribution is 0.104. The van der Waals surface area contributed by atoms with Crippen LogP contribution in [0.25, 0.3) is 20.9 Å². The van der Waals surface area contributed by atoms with Gasteiger partial charge in [-0.3, -0.25) is 0 Å². The molecular formula is C23H20O5S. The van der Waals surface area contributed by atoms with Crippen molar-refractivity contribution in [1.82, 2.24) is 0 Å². The van der Waals surface area contributed by atoms with Crippen LogP contribution in [0.4, 0.5) is 4.79 Å². The van der Waals surface area contributed by atoms with Crippen molar-refractivity contribution in [3.8, 4) is 16.6 Å². The molecule has 148 valence electrons. The Kier molecular flexibility index (Phi) is 5.81. The number of hydrogen-bond donors (Lipinski definition) is 0. The van der Waals surface area contributed by atoms with Crippen LogP contribution in [0.2, 0.25) is 0 Å². The van der Waals surface area contributed by atoms with Crippen molar-refractivity contribution in [2.45, 2.75) is 6.92 Å². The molecule has 0 atom stereocenters. The SMILES string of the molecule is CCOC(=O)Oc1sc2ccccc2c1OCCOc1cccc2ccccc12. The lowest BCUT2D eigenvalue weighted by Gasteiger charge is -2.11. The summed E-state index contributed by atoms with van der Waals surface area (Å²) in [6.07, 6.45) is -0.740. The van der Waals surface area contributed by atoms with Crippen LogP contribution < -0.4 is 14.2 Å². The zero-order valence-corrected chi connectivity index (χ0v) is 16.7. The van der Waals surface area contributed by atoms with Gasteiger partial charge < -0.3 is 18.9 Å². The second kappa shape index (κ2) is 8.84. The molecule has 0 aliphatic heterocycles. The van der Waals surface area contributed by atoms with Crippen molar-refractivity contribution in [2.75, 3.05) is 19.8 Å². The van der Waals surface area contributed by atoms with Crippen LogP contribution >= 0.6 is 11.3 Å². The summed E-state index contributed by atoms with van der Waals surface area (Å²) in [6.45, 7) is 2.65. The van der Waals surface area contributed by atoms with Crippen molar-refractivity contribution < 1.29 is 23.7 Å². The van der Waals surface area contributed by atoms with Gasteiger partial charge in [0, 0.05) is 15.5 Å². The first-order valence-electron chi connectivity index (χ1n) is 9.35. The summed E-state index contributed by atoms with van der Waals surface area (Å²) in [6, 6.07) is 21.8. The molecule has 6 heteroatoms. The van der Waals surface area contributed by atoms with Gasteiger partial charge in [0.05, 0.1) is 6.61 Å². The summed E-state index contributed by atoms with van der Waals surface area (Å²) >= 11 is 1.35. The number of hydrogen-bond acceptors (Lipinski definition) is 6. The topological polar surface area (TPSA) is 54.0 Å². The van der Waals surface area contributed by atoms with Crippen LogP contribution in [-0.2, 0) is 4.74 Å². The first-order chi connectivity index (χ1) is 14.3. The Morgan fingerprint density at radius 1 is 0.862 bits per heavy atom. The van der Waals surface area contributed by atoms with Gasteiger partial charge in [-0.05, 0) is 30.5 Å². The molecule has 4 aromatic rings. The molecule has 0 aliphatic carbocycles. The van der Waals surface area contributed by atoms with Crippen LogP contribution in [0.1, 0.15) is 6.92 Å². The largest absolute Gasteiger partial charge is 0.514 e. The van der Waals surface area contributed by atoms with E-state index in [2.05, 4.69) is 12.1 Å². The van der Waals surface area contributed by atoms with E-state index in [9.17, 15) is 4.79 Å². The van der Waals surface area contributed by atoms with Gasteiger partial charge in [0.2, 0.25) is 5.06 Å². The lowest BCUT2D eigenvalue weighted by atomic mass is 10.1. The highest BCUT2D eigenvalue weighted by molar-refractivity contribution is 7.21. The quantitative estimate of drug-likeness (QED) is 0.275. The molecule has 0 fully saturated rings. The van der Waals surface area contributed by atoms with E-state index < -0.39 is 6.16 Å². The van der Waals surface area contributed by atoms with Crippen LogP contribution in [0.3, 0.4) is 0 Å². The Labute approximate surface area is 172 Å². The summed E-state index contributed by atoms with van der Waals surface area (Å²) < 4.78 is 23.1. The van der Waals surface area contributed by atoms with Crippen molar-refractivity contribution in [2.24, 2.45) is 0 Å². The number of carbonyl (C=O) groups excluding carboxylic acids is 1. The predicted octanol–water partition coefficient (Wildman–Crippen LogP) is 6.05. The minimum Gasteiger partial charge on any atom is -0.489 e. The molecule has 5 nitrogen and oxygen atoms in total. The second-order valence-corrected chi connectivity index (χ2v) is 7.19. The average Bonchev–Trinajstić information content (AvgIpc) is 3.08. The standard InChI is InChI=1S/C23H20O5S/c1-2-25-23(24)28-22-21(18-11-5-6-13-20(18)29-22)27-15-14-26-19-12-7-9-16-8-3-4-10-17(16)19/h3-13H,2,14-15H2,1H3. The smallest absolute Gasteiger partial charge is 0.489 e. The number of fused-ring (bicyclic) bond motifs is 2. The average molecular weight is 408 g/mol. The van der Waals surface area contributed by atoms with E-state index in [-0.39, 0.29) is 6.61 Å². The zero-order valence-electron chi connectivity index (χ0n) is 15.9. The molecule has 0 bridgehead atoms. The molecule has 29 heavy (non-hydrogen) atoms. The van der Waals surface area contributed by atoms with Crippen LogP contribution in [0, 0.1) is 0 Å². The summed E-state index contributed by atoms with van der Waals surface area (Å²) in [5, 5.41) is 3.46. The molecule has 1 heterocycles. The fourth-order valence-electron chi connectivity index (χ4n) is 3.04. The van der Waals surface area contributed by atoms with E-state index in [0.29, 0.717) is 24.0 Å². The van der Waals surface area contributed by atoms with Crippen molar-refractivity contribution >= 4 is 38.4 Å². The fraction of sp³-hybridized carbons (Fsp3) is 0.174. The summed E-state index contributed by atoms with van der Waals surface area (Å²) in [7, 11) is 0. The van der Waals surface area contributed by atoms with Gasteiger partial charge in [-0.15, -0.1) is 0 Å². The Morgan fingerprint density at radius 3 is 2.45 bits per heavy atom. The molecule has 0 saturated heterocycles. The van der Waals surface area contributed by atoms with E-state index in [1.165, 1.54) is 11.3 Å². The Hall–Kier alpha value is -3.25. The van der Waals surface area contributed by atoms with E-state index in [4.69, 9.17) is 18.9 Å². The third-order valence-electron chi connectivity index (χ3n) is 4.29. The van der Waals surface area contributed by atoms with Crippen molar-refractivity contribution in [3.05, 3.63) is 66.7 Å². The monoisotopic (exact) mass is 408 g/mol. The number of carbonyl (C=O) groups is 1. The number of benzene rings is 3. The van der Waals surface area contributed by atoms with E-state index in [0.717, 1.165) is 26.6 Å². The molecule has 1 aromatic heterocycles. The van der Waals surface area contributed by atoms with Gasteiger partial charge in [0.25, 0.3) is 0 Å². The summed E-state index contributed by atoms with van der Waals surface area (Å²) in [5.41, 5.74) is 0. The minimum absolute atomic E-state index is 0.249. The maximum atomic E-state index is 11.8.